The Kier molecular flexibility index (Phi) is 5.60. The Hall–Kier alpha value is -2.05. The Morgan fingerprint density at radius 1 is 1.16 bits per heavy atom. The van der Waals surface area contributed by atoms with Gasteiger partial charge in [-0.05, 0) is 43.2 Å². The average Bonchev–Trinajstić information content (AvgIpc) is 3.08. The van der Waals surface area contributed by atoms with E-state index in [1.54, 1.807) is 12.1 Å². The van der Waals surface area contributed by atoms with Gasteiger partial charge in [0.05, 0.1) is 6.04 Å². The summed E-state index contributed by atoms with van der Waals surface area (Å²) in [6.07, 6.45) is 0.892. The molecule has 5 nitrogen and oxygen atoms in total. The Balaban J connectivity index is 1.62. The van der Waals surface area contributed by atoms with E-state index >= 15 is 0 Å². The molecule has 1 heterocycles. The van der Waals surface area contributed by atoms with Gasteiger partial charge in [-0.25, -0.2) is 0 Å². The minimum atomic E-state index is -0.334. The van der Waals surface area contributed by atoms with E-state index in [-0.39, 0.29) is 24.8 Å². The van der Waals surface area contributed by atoms with E-state index in [1.807, 2.05) is 25.1 Å². The summed E-state index contributed by atoms with van der Waals surface area (Å²) in [5, 5.41) is 6.31. The van der Waals surface area contributed by atoms with Gasteiger partial charge in [-0.15, -0.1) is 0 Å². The predicted molar refractivity (Wildman–Crippen MR) is 101 cm³/mol. The van der Waals surface area contributed by atoms with Crippen LogP contribution in [0.25, 0.3) is 0 Å². The highest BCUT2D eigenvalue weighted by Gasteiger charge is 2.19. The summed E-state index contributed by atoms with van der Waals surface area (Å²) in [7, 11) is 0. The van der Waals surface area contributed by atoms with Crippen LogP contribution in [0.2, 0.25) is 0 Å². The lowest BCUT2D eigenvalue weighted by Crippen LogP contribution is -2.40. The molecule has 1 aliphatic heterocycles. The highest BCUT2D eigenvalue weighted by Crippen LogP contribution is 2.34. The maximum Gasteiger partial charge on any atom is 0.241 e. The number of rotatable bonds is 6. The van der Waals surface area contributed by atoms with Crippen molar-refractivity contribution in [2.75, 3.05) is 12.1 Å². The predicted octanol–water partition coefficient (Wildman–Crippen LogP) is 4.25. The van der Waals surface area contributed by atoms with Crippen LogP contribution in [0, 0.1) is 0 Å². The first-order valence-electron chi connectivity index (χ1n) is 8.29. The molecule has 1 amide bonds. The molecule has 0 fully saturated rings. The van der Waals surface area contributed by atoms with Crippen molar-refractivity contribution in [1.82, 2.24) is 5.32 Å². The Morgan fingerprint density at radius 3 is 2.60 bits per heavy atom. The molecule has 0 radical (unpaired) electrons. The first kappa shape index (κ1) is 17.8. The summed E-state index contributed by atoms with van der Waals surface area (Å²) in [4.78, 5) is 12.5. The molecule has 2 N–H and O–H groups in total. The normalized spacial score (nSPS) is 14.8. The molecule has 0 bridgehead atoms. The molecule has 132 valence electrons. The molecule has 3 rings (SSSR count). The summed E-state index contributed by atoms with van der Waals surface area (Å²) in [6, 6.07) is 13.3. The lowest BCUT2D eigenvalue weighted by molar-refractivity contribution is -0.118. The van der Waals surface area contributed by atoms with Gasteiger partial charge in [-0.1, -0.05) is 35.0 Å². The Bertz CT molecular complexity index is 749. The first-order valence-corrected chi connectivity index (χ1v) is 9.08. The molecule has 1 aliphatic rings. The number of fused-ring (bicyclic) bond motifs is 1. The molecule has 2 atom stereocenters. The Morgan fingerprint density at radius 2 is 1.88 bits per heavy atom. The van der Waals surface area contributed by atoms with Crippen LogP contribution in [0.1, 0.15) is 31.9 Å². The number of hydrogen-bond acceptors (Lipinski definition) is 4. The summed E-state index contributed by atoms with van der Waals surface area (Å²) in [5.74, 6) is 1.26. The van der Waals surface area contributed by atoms with E-state index in [2.05, 4.69) is 45.6 Å². The fraction of sp³-hybridized carbons (Fsp3) is 0.316. The number of anilines is 1. The maximum atomic E-state index is 12.5. The lowest BCUT2D eigenvalue weighted by atomic mass is 10.0. The summed E-state index contributed by atoms with van der Waals surface area (Å²) in [5.41, 5.74) is 1.85. The van der Waals surface area contributed by atoms with Crippen LogP contribution in [0.4, 0.5) is 5.69 Å². The average molecular weight is 405 g/mol. The van der Waals surface area contributed by atoms with Crippen molar-refractivity contribution in [1.29, 1.82) is 0 Å². The van der Waals surface area contributed by atoms with E-state index in [1.165, 1.54) is 0 Å². The monoisotopic (exact) mass is 404 g/mol. The number of carbonyl (C=O) groups excluding carboxylic acids is 1. The van der Waals surface area contributed by atoms with Crippen molar-refractivity contribution in [3.63, 3.8) is 0 Å². The molecule has 2 aromatic rings. The number of amides is 1. The second kappa shape index (κ2) is 7.89. The molecular weight excluding hydrogens is 384 g/mol. The van der Waals surface area contributed by atoms with Crippen molar-refractivity contribution in [2.24, 2.45) is 0 Å². The molecule has 0 unspecified atom stereocenters. The van der Waals surface area contributed by atoms with Crippen LogP contribution < -0.4 is 20.1 Å². The number of benzene rings is 2. The third kappa shape index (κ3) is 4.32. The standard InChI is InChI=1S/C19H21BrN2O3/c1-3-16(13-4-6-14(20)7-5-13)21-12(2)19(23)22-15-8-9-17-18(10-15)25-11-24-17/h4-10,12,16,21H,3,11H2,1-2H3,(H,22,23)/t12-,16+/m0/s1. The maximum absolute atomic E-state index is 12.5. The third-order valence-electron chi connectivity index (χ3n) is 4.17. The minimum absolute atomic E-state index is 0.0885. The molecule has 0 aliphatic carbocycles. The van der Waals surface area contributed by atoms with Gasteiger partial charge in [0.1, 0.15) is 0 Å². The van der Waals surface area contributed by atoms with Gasteiger partial charge in [0, 0.05) is 22.3 Å². The van der Waals surface area contributed by atoms with Crippen LogP contribution in [0.5, 0.6) is 11.5 Å². The quantitative estimate of drug-likeness (QED) is 0.755. The third-order valence-corrected chi connectivity index (χ3v) is 4.69. The largest absolute Gasteiger partial charge is 0.454 e. The molecule has 0 aromatic heterocycles. The SMILES string of the molecule is CC[C@@H](N[C@@H](C)C(=O)Nc1ccc2c(c1)OCO2)c1ccc(Br)cc1. The van der Waals surface area contributed by atoms with E-state index in [0.717, 1.165) is 16.5 Å². The number of nitrogens with one attached hydrogen (secondary N) is 2. The molecule has 0 spiro atoms. The van der Waals surface area contributed by atoms with Crippen LogP contribution in [0.3, 0.4) is 0 Å². The molecule has 2 aromatic carbocycles. The number of hydrogen-bond donors (Lipinski definition) is 2. The van der Waals surface area contributed by atoms with E-state index in [0.29, 0.717) is 17.2 Å². The molecule has 0 saturated carbocycles. The zero-order valence-corrected chi connectivity index (χ0v) is 15.8. The molecule has 6 heteroatoms. The zero-order valence-electron chi connectivity index (χ0n) is 14.2. The van der Waals surface area contributed by atoms with Gasteiger partial charge < -0.3 is 14.8 Å². The molecule has 25 heavy (non-hydrogen) atoms. The van der Waals surface area contributed by atoms with Gasteiger partial charge >= 0.3 is 0 Å². The van der Waals surface area contributed by atoms with Gasteiger partial charge in [0.2, 0.25) is 12.7 Å². The molecule has 0 saturated heterocycles. The minimum Gasteiger partial charge on any atom is -0.454 e. The first-order chi connectivity index (χ1) is 12.1. The summed E-state index contributed by atoms with van der Waals surface area (Å²) >= 11 is 3.45. The fourth-order valence-electron chi connectivity index (χ4n) is 2.75. The van der Waals surface area contributed by atoms with Gasteiger partial charge in [-0.2, -0.15) is 0 Å². The van der Waals surface area contributed by atoms with Gasteiger partial charge in [0.15, 0.2) is 11.5 Å². The smallest absolute Gasteiger partial charge is 0.241 e. The fourth-order valence-corrected chi connectivity index (χ4v) is 3.01. The van der Waals surface area contributed by atoms with Crippen molar-refractivity contribution >= 4 is 27.5 Å². The second-order valence-corrected chi connectivity index (χ2v) is 6.87. The van der Waals surface area contributed by atoms with Crippen molar-refractivity contribution in [2.45, 2.75) is 32.4 Å². The number of halogens is 1. The highest BCUT2D eigenvalue weighted by molar-refractivity contribution is 9.10. The van der Waals surface area contributed by atoms with Gasteiger partial charge in [-0.3, -0.25) is 10.1 Å². The van der Waals surface area contributed by atoms with E-state index in [9.17, 15) is 4.79 Å². The van der Waals surface area contributed by atoms with Crippen molar-refractivity contribution in [3.05, 3.63) is 52.5 Å². The summed E-state index contributed by atoms with van der Waals surface area (Å²) in [6.45, 7) is 4.18. The van der Waals surface area contributed by atoms with Crippen LogP contribution in [0.15, 0.2) is 46.9 Å². The van der Waals surface area contributed by atoms with Gasteiger partial charge in [0.25, 0.3) is 0 Å². The Labute approximate surface area is 155 Å². The van der Waals surface area contributed by atoms with E-state index in [4.69, 9.17) is 9.47 Å². The van der Waals surface area contributed by atoms with Crippen LogP contribution >= 0.6 is 15.9 Å². The zero-order chi connectivity index (χ0) is 17.8. The van der Waals surface area contributed by atoms with Crippen molar-refractivity contribution in [3.8, 4) is 11.5 Å². The molecular formula is C19H21BrN2O3. The van der Waals surface area contributed by atoms with Crippen LogP contribution in [-0.2, 0) is 4.79 Å². The highest BCUT2D eigenvalue weighted by atomic mass is 79.9. The second-order valence-electron chi connectivity index (χ2n) is 5.96. The summed E-state index contributed by atoms with van der Waals surface area (Å²) < 4.78 is 11.7. The number of ether oxygens (including phenoxy) is 2. The topological polar surface area (TPSA) is 59.6 Å². The van der Waals surface area contributed by atoms with Crippen LogP contribution in [-0.4, -0.2) is 18.7 Å². The lowest BCUT2D eigenvalue weighted by Gasteiger charge is -2.22. The van der Waals surface area contributed by atoms with Crippen molar-refractivity contribution < 1.29 is 14.3 Å². The van der Waals surface area contributed by atoms with E-state index < -0.39 is 0 Å². The number of carbonyl (C=O) groups is 1.